The highest BCUT2D eigenvalue weighted by Crippen LogP contribution is 2.33. The molecule has 0 fully saturated rings. The van der Waals surface area contributed by atoms with Gasteiger partial charge in [0.1, 0.15) is 5.54 Å². The maximum Gasteiger partial charge on any atom is 0.265 e. The van der Waals surface area contributed by atoms with Crippen LogP contribution < -0.4 is 5.32 Å². The topological polar surface area (TPSA) is 29.1 Å². The molecule has 21 heavy (non-hydrogen) atoms. The summed E-state index contributed by atoms with van der Waals surface area (Å²) in [5.41, 5.74) is -0.501. The lowest BCUT2D eigenvalue weighted by Gasteiger charge is -2.32. The van der Waals surface area contributed by atoms with E-state index in [9.17, 15) is 13.6 Å². The van der Waals surface area contributed by atoms with Crippen LogP contribution >= 0.6 is 11.6 Å². The second-order valence-corrected chi connectivity index (χ2v) is 5.79. The van der Waals surface area contributed by atoms with Crippen LogP contribution in [0, 0.1) is 0 Å². The Morgan fingerprint density at radius 2 is 2.00 bits per heavy atom. The normalized spacial score (nSPS) is 14.0. The Morgan fingerprint density at radius 3 is 2.52 bits per heavy atom. The molecule has 0 aliphatic carbocycles. The van der Waals surface area contributed by atoms with Gasteiger partial charge in [-0.1, -0.05) is 37.9 Å². The second-order valence-electron chi connectivity index (χ2n) is 5.35. The molecule has 1 rings (SSSR count). The molecule has 0 heterocycles. The van der Waals surface area contributed by atoms with E-state index in [0.717, 1.165) is 12.0 Å². The molecular formula is C16H22ClF2NO. The van der Waals surface area contributed by atoms with E-state index in [1.54, 1.807) is 18.2 Å². The molecule has 1 unspecified atom stereocenters. The van der Waals surface area contributed by atoms with Crippen LogP contribution in [0.15, 0.2) is 18.2 Å². The minimum atomic E-state index is -2.70. The highest BCUT2D eigenvalue weighted by Gasteiger charge is 2.39. The van der Waals surface area contributed by atoms with Gasteiger partial charge >= 0.3 is 0 Å². The lowest BCUT2D eigenvalue weighted by Crippen LogP contribution is -2.49. The van der Waals surface area contributed by atoms with Gasteiger partial charge in [0.05, 0.1) is 0 Å². The Kier molecular flexibility index (Phi) is 6.59. The third-order valence-corrected chi connectivity index (χ3v) is 3.69. The van der Waals surface area contributed by atoms with Crippen molar-refractivity contribution in [1.29, 1.82) is 0 Å². The predicted octanol–water partition coefficient (Wildman–Crippen LogP) is 4.69. The monoisotopic (exact) mass is 317 g/mol. The molecule has 0 saturated heterocycles. The van der Waals surface area contributed by atoms with Crippen LogP contribution in [0.1, 0.15) is 51.2 Å². The number of aryl methyl sites for hydroxylation is 1. The van der Waals surface area contributed by atoms with Crippen molar-refractivity contribution in [3.05, 3.63) is 34.3 Å². The van der Waals surface area contributed by atoms with Crippen LogP contribution in [0.3, 0.4) is 0 Å². The number of rotatable bonds is 7. The smallest absolute Gasteiger partial charge is 0.265 e. The summed E-state index contributed by atoms with van der Waals surface area (Å²) < 4.78 is 27.3. The fraction of sp³-hybridized carbons (Fsp3) is 0.562. The van der Waals surface area contributed by atoms with Crippen LogP contribution in [0.4, 0.5) is 8.78 Å². The SMILES string of the molecule is CCCC(=O)NC(C)(c1ccc(Cl)cc1CCC)C(F)F. The Morgan fingerprint density at radius 1 is 1.33 bits per heavy atom. The maximum absolute atomic E-state index is 13.6. The van der Waals surface area contributed by atoms with E-state index in [1.165, 1.54) is 6.92 Å². The number of nitrogens with one attached hydrogen (secondary N) is 1. The van der Waals surface area contributed by atoms with E-state index in [-0.39, 0.29) is 12.3 Å². The maximum atomic E-state index is 13.6. The Balaban J connectivity index is 3.24. The molecule has 0 radical (unpaired) electrons. The Bertz CT molecular complexity index is 493. The van der Waals surface area contributed by atoms with E-state index in [1.807, 2.05) is 13.8 Å². The summed E-state index contributed by atoms with van der Waals surface area (Å²) >= 11 is 5.96. The van der Waals surface area contributed by atoms with Gasteiger partial charge in [-0.25, -0.2) is 8.78 Å². The summed E-state index contributed by atoms with van der Waals surface area (Å²) in [4.78, 5) is 11.8. The zero-order valence-corrected chi connectivity index (χ0v) is 13.4. The van der Waals surface area contributed by atoms with Crippen molar-refractivity contribution in [2.45, 2.75) is 58.4 Å². The number of benzene rings is 1. The number of hydrogen-bond acceptors (Lipinski definition) is 1. The molecule has 0 saturated carbocycles. The van der Waals surface area contributed by atoms with Gasteiger partial charge in [-0.05, 0) is 43.0 Å². The molecule has 1 atom stereocenters. The summed E-state index contributed by atoms with van der Waals surface area (Å²) in [6.45, 7) is 5.18. The second kappa shape index (κ2) is 7.74. The highest BCUT2D eigenvalue weighted by atomic mass is 35.5. The van der Waals surface area contributed by atoms with E-state index >= 15 is 0 Å². The minimum Gasteiger partial charge on any atom is -0.341 e. The Hall–Kier alpha value is -1.16. The molecule has 0 aliphatic heterocycles. The van der Waals surface area contributed by atoms with Gasteiger partial charge in [-0.15, -0.1) is 0 Å². The predicted molar refractivity (Wildman–Crippen MR) is 81.9 cm³/mol. The first-order valence-corrected chi connectivity index (χ1v) is 7.61. The largest absolute Gasteiger partial charge is 0.341 e. The molecule has 1 amide bonds. The molecule has 1 N–H and O–H groups in total. The molecule has 0 spiro atoms. The van der Waals surface area contributed by atoms with Crippen molar-refractivity contribution < 1.29 is 13.6 Å². The zero-order valence-electron chi connectivity index (χ0n) is 12.7. The summed E-state index contributed by atoms with van der Waals surface area (Å²) in [5, 5.41) is 3.01. The highest BCUT2D eigenvalue weighted by molar-refractivity contribution is 6.30. The van der Waals surface area contributed by atoms with Gasteiger partial charge in [0.15, 0.2) is 0 Å². The number of hydrogen-bond donors (Lipinski definition) is 1. The lowest BCUT2D eigenvalue weighted by atomic mass is 9.86. The molecule has 0 bridgehead atoms. The third-order valence-electron chi connectivity index (χ3n) is 3.46. The Labute approximate surface area is 129 Å². The van der Waals surface area contributed by atoms with Crippen molar-refractivity contribution in [3.8, 4) is 0 Å². The fourth-order valence-corrected chi connectivity index (χ4v) is 2.56. The summed E-state index contributed by atoms with van der Waals surface area (Å²) in [6, 6.07) is 4.88. The summed E-state index contributed by atoms with van der Waals surface area (Å²) in [5.74, 6) is -0.363. The lowest BCUT2D eigenvalue weighted by molar-refractivity contribution is -0.125. The molecule has 2 nitrogen and oxygen atoms in total. The van der Waals surface area contributed by atoms with Crippen molar-refractivity contribution in [1.82, 2.24) is 5.32 Å². The van der Waals surface area contributed by atoms with Crippen molar-refractivity contribution in [2.24, 2.45) is 0 Å². The quantitative estimate of drug-likeness (QED) is 0.776. The zero-order chi connectivity index (χ0) is 16.0. The minimum absolute atomic E-state index is 0.235. The number of carbonyl (C=O) groups excluding carboxylic acids is 1. The van der Waals surface area contributed by atoms with Gasteiger partial charge in [-0.2, -0.15) is 0 Å². The number of halogens is 3. The van der Waals surface area contributed by atoms with Crippen molar-refractivity contribution >= 4 is 17.5 Å². The molecule has 118 valence electrons. The molecule has 1 aromatic carbocycles. The fourth-order valence-electron chi connectivity index (χ4n) is 2.36. The third kappa shape index (κ3) is 4.40. The average Bonchev–Trinajstić information content (AvgIpc) is 2.38. The first kappa shape index (κ1) is 17.9. The van der Waals surface area contributed by atoms with Crippen molar-refractivity contribution in [3.63, 3.8) is 0 Å². The van der Waals surface area contributed by atoms with Gasteiger partial charge in [0.25, 0.3) is 6.43 Å². The van der Waals surface area contributed by atoms with E-state index in [0.29, 0.717) is 23.4 Å². The summed E-state index contributed by atoms with van der Waals surface area (Å²) in [6.07, 6.45) is -0.389. The van der Waals surface area contributed by atoms with Crippen LogP contribution in [-0.2, 0) is 16.8 Å². The molecule has 0 aromatic heterocycles. The van der Waals surface area contributed by atoms with Gasteiger partial charge in [-0.3, -0.25) is 4.79 Å². The van der Waals surface area contributed by atoms with E-state index in [4.69, 9.17) is 11.6 Å². The average molecular weight is 318 g/mol. The number of amides is 1. The van der Waals surface area contributed by atoms with Crippen LogP contribution in [0.5, 0.6) is 0 Å². The number of alkyl halides is 2. The van der Waals surface area contributed by atoms with Crippen LogP contribution in [0.25, 0.3) is 0 Å². The van der Waals surface area contributed by atoms with Crippen LogP contribution in [-0.4, -0.2) is 12.3 Å². The van der Waals surface area contributed by atoms with Gasteiger partial charge < -0.3 is 5.32 Å². The van der Waals surface area contributed by atoms with Crippen molar-refractivity contribution in [2.75, 3.05) is 0 Å². The number of carbonyl (C=O) groups is 1. The first-order chi connectivity index (χ1) is 9.85. The molecule has 1 aromatic rings. The molecule has 0 aliphatic rings. The molecular weight excluding hydrogens is 296 g/mol. The van der Waals surface area contributed by atoms with Crippen LogP contribution in [0.2, 0.25) is 5.02 Å². The first-order valence-electron chi connectivity index (χ1n) is 7.23. The molecule has 5 heteroatoms. The standard InChI is InChI=1S/C16H22ClF2NO/c1-4-6-11-10-12(17)8-9-13(11)16(3,15(18)19)20-14(21)7-5-2/h8-10,15H,4-7H2,1-3H3,(H,20,21). The summed E-state index contributed by atoms with van der Waals surface area (Å²) in [7, 11) is 0. The van der Waals surface area contributed by atoms with E-state index < -0.39 is 12.0 Å². The van der Waals surface area contributed by atoms with E-state index in [2.05, 4.69) is 5.32 Å². The van der Waals surface area contributed by atoms with Gasteiger partial charge in [0, 0.05) is 11.4 Å². The van der Waals surface area contributed by atoms with Gasteiger partial charge in [0.2, 0.25) is 5.91 Å².